The monoisotopic (exact) mass is 332 g/mol. The quantitative estimate of drug-likeness (QED) is 0.793. The molecule has 3 aromatic rings. The van der Waals surface area contributed by atoms with E-state index in [4.69, 9.17) is 0 Å². The van der Waals surface area contributed by atoms with E-state index in [2.05, 4.69) is 46.1 Å². The molecule has 3 rings (SSSR count). The molecule has 0 saturated heterocycles. The van der Waals surface area contributed by atoms with Crippen LogP contribution in [0.3, 0.4) is 0 Å². The van der Waals surface area contributed by atoms with Crippen molar-refractivity contribution in [3.63, 3.8) is 0 Å². The average Bonchev–Trinajstić information content (AvgIpc) is 2.98. The maximum atomic E-state index is 12.7. The van der Waals surface area contributed by atoms with Gasteiger partial charge in [0.15, 0.2) is 5.82 Å². The third-order valence-corrected chi connectivity index (χ3v) is 3.52. The lowest BCUT2D eigenvalue weighted by atomic mass is 9.92. The van der Waals surface area contributed by atoms with Gasteiger partial charge in [-0.15, -0.1) is 0 Å². The van der Waals surface area contributed by atoms with Gasteiger partial charge < -0.3 is 5.32 Å². The Morgan fingerprint density at radius 3 is 2.71 bits per heavy atom. The second-order valence-corrected chi connectivity index (χ2v) is 6.44. The number of hydrogen-bond acceptors (Lipinski definition) is 5. The number of nitrogens with zero attached hydrogens (tertiary/aromatic N) is 5. The predicted octanol–water partition coefficient (Wildman–Crippen LogP) is 3.37. The van der Waals surface area contributed by atoms with Crippen LogP contribution in [0.15, 0.2) is 30.7 Å². The number of aromatic nitrogens is 5. The lowest BCUT2D eigenvalue weighted by Gasteiger charge is -2.13. The van der Waals surface area contributed by atoms with Gasteiger partial charge >= 0.3 is 0 Å². The number of halogens is 2. The molecule has 0 aliphatic carbocycles. The van der Waals surface area contributed by atoms with Gasteiger partial charge in [0.25, 0.3) is 6.43 Å². The van der Waals surface area contributed by atoms with Crippen LogP contribution in [-0.4, -0.2) is 24.6 Å². The molecule has 8 heteroatoms. The van der Waals surface area contributed by atoms with Crippen molar-refractivity contribution in [2.45, 2.75) is 39.2 Å². The minimum absolute atomic E-state index is 0.0853. The van der Waals surface area contributed by atoms with E-state index in [9.17, 15) is 8.78 Å². The van der Waals surface area contributed by atoms with E-state index in [1.54, 1.807) is 16.9 Å². The summed E-state index contributed by atoms with van der Waals surface area (Å²) in [6, 6.07) is 3.17. The standard InChI is InChI=1S/C16H18F2N6/c1-16(2,3)12-8-11-15(20-6-7-24(11)23-12)21-9-13-19-5-4-10(22-13)14(17)18/h4-8,14H,9H2,1-3H3,(H,20,21). The number of rotatable bonds is 4. The number of anilines is 1. The Morgan fingerprint density at radius 2 is 2.00 bits per heavy atom. The van der Waals surface area contributed by atoms with Crippen molar-refractivity contribution < 1.29 is 8.78 Å². The molecule has 0 amide bonds. The molecule has 0 aliphatic rings. The first-order chi connectivity index (χ1) is 11.3. The zero-order valence-corrected chi connectivity index (χ0v) is 13.7. The Morgan fingerprint density at radius 1 is 1.21 bits per heavy atom. The fraction of sp³-hybridized carbons (Fsp3) is 0.375. The molecule has 0 atom stereocenters. The van der Waals surface area contributed by atoms with Crippen molar-refractivity contribution in [3.8, 4) is 0 Å². The van der Waals surface area contributed by atoms with E-state index in [0.717, 1.165) is 11.2 Å². The molecule has 3 aromatic heterocycles. The summed E-state index contributed by atoms with van der Waals surface area (Å²) in [4.78, 5) is 12.1. The number of fused-ring (bicyclic) bond motifs is 1. The largest absolute Gasteiger partial charge is 0.361 e. The van der Waals surface area contributed by atoms with Gasteiger partial charge in [0.05, 0.1) is 12.2 Å². The lowest BCUT2D eigenvalue weighted by Crippen LogP contribution is -2.11. The lowest BCUT2D eigenvalue weighted by molar-refractivity contribution is 0.145. The van der Waals surface area contributed by atoms with E-state index in [-0.39, 0.29) is 23.5 Å². The molecule has 6 nitrogen and oxygen atoms in total. The summed E-state index contributed by atoms with van der Waals surface area (Å²) in [5, 5.41) is 7.64. The molecule has 0 fully saturated rings. The van der Waals surface area contributed by atoms with Gasteiger partial charge in [-0.3, -0.25) is 0 Å². The average molecular weight is 332 g/mol. The molecule has 3 heterocycles. The summed E-state index contributed by atoms with van der Waals surface area (Å²) in [6.45, 7) is 6.44. The zero-order valence-electron chi connectivity index (χ0n) is 13.7. The summed E-state index contributed by atoms with van der Waals surface area (Å²) in [7, 11) is 0. The van der Waals surface area contributed by atoms with Crippen LogP contribution in [-0.2, 0) is 12.0 Å². The Hall–Kier alpha value is -2.64. The summed E-state index contributed by atoms with van der Waals surface area (Å²) in [6.07, 6.45) is 2.11. The second kappa shape index (κ2) is 6.10. The van der Waals surface area contributed by atoms with Gasteiger partial charge in [-0.1, -0.05) is 20.8 Å². The predicted molar refractivity (Wildman–Crippen MR) is 86.0 cm³/mol. The van der Waals surface area contributed by atoms with Crippen LogP contribution >= 0.6 is 0 Å². The van der Waals surface area contributed by atoms with E-state index < -0.39 is 6.43 Å². The van der Waals surface area contributed by atoms with Gasteiger partial charge in [0, 0.05) is 24.0 Å². The van der Waals surface area contributed by atoms with Crippen LogP contribution < -0.4 is 5.32 Å². The van der Waals surface area contributed by atoms with Gasteiger partial charge in [-0.2, -0.15) is 5.10 Å². The minimum atomic E-state index is -2.61. The summed E-state index contributed by atoms with van der Waals surface area (Å²) >= 11 is 0. The van der Waals surface area contributed by atoms with Crippen LogP contribution in [0.1, 0.15) is 44.4 Å². The molecule has 24 heavy (non-hydrogen) atoms. The second-order valence-electron chi connectivity index (χ2n) is 6.44. The number of alkyl halides is 2. The topological polar surface area (TPSA) is 68.0 Å². The third kappa shape index (κ3) is 3.32. The van der Waals surface area contributed by atoms with Crippen molar-refractivity contribution >= 4 is 11.3 Å². The van der Waals surface area contributed by atoms with Gasteiger partial charge in [0.2, 0.25) is 0 Å². The molecule has 0 unspecified atom stereocenters. The highest BCUT2D eigenvalue weighted by Gasteiger charge is 2.19. The fourth-order valence-corrected chi connectivity index (χ4v) is 2.21. The molecular weight excluding hydrogens is 314 g/mol. The van der Waals surface area contributed by atoms with E-state index in [1.165, 1.54) is 12.3 Å². The Labute approximate surface area is 138 Å². The van der Waals surface area contributed by atoms with Gasteiger partial charge in [0.1, 0.15) is 17.0 Å². The van der Waals surface area contributed by atoms with Crippen molar-refractivity contribution in [3.05, 3.63) is 47.9 Å². The molecule has 0 saturated carbocycles. The zero-order chi connectivity index (χ0) is 17.3. The maximum Gasteiger partial charge on any atom is 0.280 e. The van der Waals surface area contributed by atoms with Crippen LogP contribution in [0, 0.1) is 0 Å². The van der Waals surface area contributed by atoms with E-state index >= 15 is 0 Å². The first-order valence-electron chi connectivity index (χ1n) is 7.53. The number of nitrogens with one attached hydrogen (secondary N) is 1. The Balaban J connectivity index is 1.85. The highest BCUT2D eigenvalue weighted by atomic mass is 19.3. The van der Waals surface area contributed by atoms with E-state index in [0.29, 0.717) is 5.82 Å². The molecule has 1 N–H and O–H groups in total. The molecule has 0 radical (unpaired) electrons. The fourth-order valence-electron chi connectivity index (χ4n) is 2.21. The van der Waals surface area contributed by atoms with Crippen LogP contribution in [0.4, 0.5) is 14.6 Å². The SMILES string of the molecule is CC(C)(C)c1cc2c(NCc3nccc(C(F)F)n3)nccn2n1. The molecular formula is C16H18F2N6. The molecule has 0 spiro atoms. The first kappa shape index (κ1) is 16.2. The van der Waals surface area contributed by atoms with Gasteiger partial charge in [-0.05, 0) is 12.1 Å². The van der Waals surface area contributed by atoms with Crippen LogP contribution in [0.2, 0.25) is 0 Å². The van der Waals surface area contributed by atoms with Crippen molar-refractivity contribution in [2.75, 3.05) is 5.32 Å². The van der Waals surface area contributed by atoms with Crippen molar-refractivity contribution in [1.29, 1.82) is 0 Å². The minimum Gasteiger partial charge on any atom is -0.361 e. The van der Waals surface area contributed by atoms with Gasteiger partial charge in [-0.25, -0.2) is 28.2 Å². The summed E-state index contributed by atoms with van der Waals surface area (Å²) in [5.41, 5.74) is 1.38. The maximum absolute atomic E-state index is 12.7. The highest BCUT2D eigenvalue weighted by molar-refractivity contribution is 5.68. The molecule has 0 aromatic carbocycles. The smallest absolute Gasteiger partial charge is 0.280 e. The molecule has 0 aliphatic heterocycles. The Bertz CT molecular complexity index is 853. The number of hydrogen-bond donors (Lipinski definition) is 1. The summed E-state index contributed by atoms with van der Waals surface area (Å²) < 4.78 is 27.1. The van der Waals surface area contributed by atoms with Crippen molar-refractivity contribution in [1.82, 2.24) is 24.6 Å². The molecule has 0 bridgehead atoms. The van der Waals surface area contributed by atoms with Crippen LogP contribution in [0.25, 0.3) is 5.52 Å². The van der Waals surface area contributed by atoms with Crippen LogP contribution in [0.5, 0.6) is 0 Å². The first-order valence-corrected chi connectivity index (χ1v) is 7.53. The molecule has 126 valence electrons. The van der Waals surface area contributed by atoms with E-state index in [1.807, 2.05) is 6.07 Å². The summed E-state index contributed by atoms with van der Waals surface area (Å²) in [5.74, 6) is 0.888. The third-order valence-electron chi connectivity index (χ3n) is 3.52. The highest BCUT2D eigenvalue weighted by Crippen LogP contribution is 2.24. The Kier molecular flexibility index (Phi) is 4.13. The normalized spacial score (nSPS) is 12.1. The van der Waals surface area contributed by atoms with Crippen molar-refractivity contribution in [2.24, 2.45) is 0 Å².